The van der Waals surface area contributed by atoms with Gasteiger partial charge >= 0.3 is 0 Å². The van der Waals surface area contributed by atoms with Gasteiger partial charge in [-0.3, -0.25) is 4.68 Å². The summed E-state index contributed by atoms with van der Waals surface area (Å²) in [4.78, 5) is 0. The average molecular weight is 253 g/mol. The van der Waals surface area contributed by atoms with Gasteiger partial charge < -0.3 is 14.8 Å². The van der Waals surface area contributed by atoms with Gasteiger partial charge in [-0.05, 0) is 20.8 Å². The molecule has 5 nitrogen and oxygen atoms in total. The lowest BCUT2D eigenvalue weighted by Gasteiger charge is -2.36. The van der Waals surface area contributed by atoms with Crippen molar-refractivity contribution in [3.05, 3.63) is 18.0 Å². The Bertz CT molecular complexity index is 376. The van der Waals surface area contributed by atoms with Gasteiger partial charge in [0.1, 0.15) is 0 Å². The van der Waals surface area contributed by atoms with Crippen LogP contribution in [0.2, 0.25) is 0 Å². The second-order valence-electron chi connectivity index (χ2n) is 5.35. The molecule has 2 rings (SSSR count). The number of hydrogen-bond acceptors (Lipinski definition) is 4. The molecule has 0 aromatic carbocycles. The lowest BCUT2D eigenvalue weighted by Crippen LogP contribution is -2.51. The van der Waals surface area contributed by atoms with Gasteiger partial charge in [-0.1, -0.05) is 0 Å². The van der Waals surface area contributed by atoms with E-state index < -0.39 is 0 Å². The summed E-state index contributed by atoms with van der Waals surface area (Å²) in [5, 5.41) is 7.58. The van der Waals surface area contributed by atoms with Crippen molar-refractivity contribution in [2.24, 2.45) is 0 Å². The molecule has 5 heteroatoms. The molecule has 0 bridgehead atoms. The van der Waals surface area contributed by atoms with Crippen LogP contribution in [0.3, 0.4) is 0 Å². The van der Waals surface area contributed by atoms with Crippen LogP contribution in [0.15, 0.2) is 12.4 Å². The van der Waals surface area contributed by atoms with Crippen LogP contribution in [0.1, 0.15) is 26.3 Å². The summed E-state index contributed by atoms with van der Waals surface area (Å²) < 4.78 is 13.5. The quantitative estimate of drug-likeness (QED) is 0.856. The lowest BCUT2D eigenvalue weighted by molar-refractivity contribution is -0.122. The minimum atomic E-state index is -0.0978. The van der Waals surface area contributed by atoms with Gasteiger partial charge in [-0.15, -0.1) is 0 Å². The van der Waals surface area contributed by atoms with Crippen LogP contribution in [0.25, 0.3) is 0 Å². The number of ether oxygens (including phenoxy) is 2. The lowest BCUT2D eigenvalue weighted by atomic mass is 10.1. The number of nitrogens with one attached hydrogen (secondary N) is 1. The van der Waals surface area contributed by atoms with E-state index in [1.807, 2.05) is 17.1 Å². The monoisotopic (exact) mass is 253 g/mol. The van der Waals surface area contributed by atoms with Crippen molar-refractivity contribution < 1.29 is 9.47 Å². The van der Waals surface area contributed by atoms with E-state index in [9.17, 15) is 0 Å². The van der Waals surface area contributed by atoms with Gasteiger partial charge in [0.15, 0.2) is 0 Å². The van der Waals surface area contributed by atoms with Crippen molar-refractivity contribution in [1.82, 2.24) is 15.1 Å². The molecular formula is C13H23N3O2. The molecule has 1 aliphatic rings. The molecule has 1 atom stereocenters. The predicted octanol–water partition coefficient (Wildman–Crippen LogP) is 1.19. The highest BCUT2D eigenvalue weighted by atomic mass is 16.5. The van der Waals surface area contributed by atoms with Crippen molar-refractivity contribution >= 4 is 0 Å². The Morgan fingerprint density at radius 2 is 2.44 bits per heavy atom. The zero-order valence-corrected chi connectivity index (χ0v) is 11.5. The Balaban J connectivity index is 1.71. The van der Waals surface area contributed by atoms with Crippen LogP contribution in [0.5, 0.6) is 0 Å². The third-order valence-corrected chi connectivity index (χ3v) is 2.99. The van der Waals surface area contributed by atoms with Crippen LogP contribution in [-0.2, 0) is 22.6 Å². The van der Waals surface area contributed by atoms with E-state index in [1.165, 1.54) is 0 Å². The molecule has 1 aromatic heterocycles. The Hall–Kier alpha value is -0.910. The summed E-state index contributed by atoms with van der Waals surface area (Å²) in [5.74, 6) is 0. The molecule has 1 unspecified atom stereocenters. The summed E-state index contributed by atoms with van der Waals surface area (Å²) in [6, 6.07) is 0. The molecule has 102 valence electrons. The molecule has 1 saturated heterocycles. The number of morpholine rings is 1. The highest BCUT2D eigenvalue weighted by molar-refractivity contribution is 5.01. The van der Waals surface area contributed by atoms with Crippen molar-refractivity contribution in [2.45, 2.75) is 45.6 Å². The van der Waals surface area contributed by atoms with Crippen molar-refractivity contribution in [3.8, 4) is 0 Å². The molecule has 0 amide bonds. The van der Waals surface area contributed by atoms with Crippen LogP contribution in [0, 0.1) is 0 Å². The van der Waals surface area contributed by atoms with E-state index in [1.54, 1.807) is 0 Å². The van der Waals surface area contributed by atoms with Gasteiger partial charge in [-0.2, -0.15) is 5.10 Å². The zero-order valence-electron chi connectivity index (χ0n) is 11.5. The molecule has 2 heterocycles. The molecule has 18 heavy (non-hydrogen) atoms. The van der Waals surface area contributed by atoms with E-state index in [-0.39, 0.29) is 11.7 Å². The second kappa shape index (κ2) is 5.82. The molecule has 1 N–H and O–H groups in total. The average Bonchev–Trinajstić information content (AvgIpc) is 2.76. The van der Waals surface area contributed by atoms with Crippen molar-refractivity contribution in [2.75, 3.05) is 19.7 Å². The minimum Gasteiger partial charge on any atom is -0.374 e. The Morgan fingerprint density at radius 1 is 1.61 bits per heavy atom. The number of aromatic nitrogens is 2. The van der Waals surface area contributed by atoms with Crippen LogP contribution < -0.4 is 5.32 Å². The fraction of sp³-hybridized carbons (Fsp3) is 0.769. The van der Waals surface area contributed by atoms with E-state index in [4.69, 9.17) is 9.47 Å². The normalized spacial score (nSPS) is 23.2. The van der Waals surface area contributed by atoms with Gasteiger partial charge in [0, 0.05) is 31.4 Å². The van der Waals surface area contributed by atoms with Crippen molar-refractivity contribution in [3.63, 3.8) is 0 Å². The zero-order chi connectivity index (χ0) is 13.0. The summed E-state index contributed by atoms with van der Waals surface area (Å²) in [5.41, 5.74) is 1.01. The summed E-state index contributed by atoms with van der Waals surface area (Å²) in [7, 11) is 0. The Labute approximate surface area is 108 Å². The van der Waals surface area contributed by atoms with Crippen LogP contribution in [-0.4, -0.2) is 41.2 Å². The van der Waals surface area contributed by atoms with Crippen LogP contribution >= 0.6 is 0 Å². The molecule has 1 aliphatic heterocycles. The predicted molar refractivity (Wildman–Crippen MR) is 69.4 cm³/mol. The number of hydrogen-bond donors (Lipinski definition) is 1. The highest BCUT2D eigenvalue weighted by Crippen LogP contribution is 2.15. The molecular weight excluding hydrogens is 230 g/mol. The van der Waals surface area contributed by atoms with E-state index >= 15 is 0 Å². The number of nitrogens with zero attached hydrogens (tertiary/aromatic N) is 2. The summed E-state index contributed by atoms with van der Waals surface area (Å²) in [6.07, 6.45) is 4.01. The topological polar surface area (TPSA) is 48.3 Å². The second-order valence-corrected chi connectivity index (χ2v) is 5.35. The molecule has 0 saturated carbocycles. The summed E-state index contributed by atoms with van der Waals surface area (Å²) in [6.45, 7) is 10.1. The van der Waals surface area contributed by atoms with E-state index in [2.05, 4.69) is 31.2 Å². The van der Waals surface area contributed by atoms with Gasteiger partial charge in [0.2, 0.25) is 0 Å². The maximum Gasteiger partial charge on any atom is 0.0940 e. The first-order valence-corrected chi connectivity index (χ1v) is 6.56. The maximum atomic E-state index is 5.93. The van der Waals surface area contributed by atoms with Crippen LogP contribution in [0.4, 0.5) is 0 Å². The molecule has 1 fully saturated rings. The van der Waals surface area contributed by atoms with E-state index in [0.29, 0.717) is 13.2 Å². The molecule has 0 aliphatic carbocycles. The summed E-state index contributed by atoms with van der Waals surface area (Å²) >= 11 is 0. The highest BCUT2D eigenvalue weighted by Gasteiger charge is 2.28. The van der Waals surface area contributed by atoms with Gasteiger partial charge in [-0.25, -0.2) is 0 Å². The fourth-order valence-corrected chi connectivity index (χ4v) is 2.12. The third kappa shape index (κ3) is 3.80. The minimum absolute atomic E-state index is 0.0978. The first-order valence-electron chi connectivity index (χ1n) is 6.56. The first-order chi connectivity index (χ1) is 8.59. The number of aryl methyl sites for hydroxylation is 1. The SMILES string of the molecule is CCn1cc(COCC2CNCC(C)(C)O2)cn1. The molecule has 0 spiro atoms. The van der Waals surface area contributed by atoms with Gasteiger partial charge in [0.25, 0.3) is 0 Å². The molecule has 0 radical (unpaired) electrons. The number of rotatable bonds is 5. The Kier molecular flexibility index (Phi) is 4.37. The largest absolute Gasteiger partial charge is 0.374 e. The molecule has 1 aromatic rings. The third-order valence-electron chi connectivity index (χ3n) is 2.99. The smallest absolute Gasteiger partial charge is 0.0940 e. The van der Waals surface area contributed by atoms with Gasteiger partial charge in [0.05, 0.1) is 31.1 Å². The van der Waals surface area contributed by atoms with E-state index in [0.717, 1.165) is 25.2 Å². The van der Waals surface area contributed by atoms with Crippen molar-refractivity contribution in [1.29, 1.82) is 0 Å². The first kappa shape index (κ1) is 13.5. The standard InChI is InChI=1S/C13H23N3O2/c1-4-16-7-11(5-15-16)8-17-9-12-6-14-10-13(2,3)18-12/h5,7,12,14H,4,6,8-10H2,1-3H3. The fourth-order valence-electron chi connectivity index (χ4n) is 2.12. The Morgan fingerprint density at radius 3 is 3.11 bits per heavy atom. The maximum absolute atomic E-state index is 5.93.